The van der Waals surface area contributed by atoms with Crippen molar-refractivity contribution in [3.8, 4) is 0 Å². The Morgan fingerprint density at radius 1 is 1.06 bits per heavy atom. The molecule has 8 heteroatoms. The lowest BCUT2D eigenvalue weighted by atomic mass is 9.95. The van der Waals surface area contributed by atoms with Gasteiger partial charge in [-0.15, -0.1) is 0 Å². The Kier molecular flexibility index (Phi) is 13.5. The summed E-state index contributed by atoms with van der Waals surface area (Å²) < 4.78 is 5.40. The summed E-state index contributed by atoms with van der Waals surface area (Å²) in [4.78, 5) is 41.3. The van der Waals surface area contributed by atoms with Gasteiger partial charge in [0.25, 0.3) is 0 Å². The van der Waals surface area contributed by atoms with E-state index in [1.165, 1.54) is 4.90 Å². The first-order valence-corrected chi connectivity index (χ1v) is 13.3. The molecule has 0 fully saturated rings. The van der Waals surface area contributed by atoms with Crippen LogP contribution in [0.2, 0.25) is 0 Å². The number of hydrogen-bond donors (Lipinski definition) is 3. The molecule has 3 unspecified atom stereocenters. The van der Waals surface area contributed by atoms with Gasteiger partial charge < -0.3 is 25.4 Å². The van der Waals surface area contributed by atoms with E-state index in [2.05, 4.69) is 17.6 Å². The van der Waals surface area contributed by atoms with Crippen molar-refractivity contribution in [2.75, 3.05) is 19.7 Å². The molecule has 36 heavy (non-hydrogen) atoms. The van der Waals surface area contributed by atoms with Gasteiger partial charge in [0, 0.05) is 13.1 Å². The van der Waals surface area contributed by atoms with Crippen LogP contribution in [0.1, 0.15) is 91.3 Å². The molecule has 1 rings (SSSR count). The monoisotopic (exact) mass is 505 g/mol. The maximum atomic E-state index is 13.9. The normalized spacial score (nSPS) is 13.9. The van der Waals surface area contributed by atoms with Crippen molar-refractivity contribution in [1.29, 1.82) is 0 Å². The lowest BCUT2D eigenvalue weighted by molar-refractivity contribution is -0.144. The van der Waals surface area contributed by atoms with Gasteiger partial charge in [0.15, 0.2) is 0 Å². The SMILES string of the molecule is CCCCCNC(=O)C(c1ccc(CC)cc1)N(CCO)C(=O)C(NC(=O)OC(C)(C)C)C(C)CC. The number of nitrogens with one attached hydrogen (secondary N) is 2. The fraction of sp³-hybridized carbons (Fsp3) is 0.679. The zero-order valence-electron chi connectivity index (χ0n) is 23.2. The molecule has 0 aliphatic rings. The standard InChI is InChI=1S/C28H47N3O5/c1-8-11-12-17-29-25(33)24(22-15-13-21(10-3)14-16-22)31(18-19-32)26(34)23(20(4)9-2)30-27(35)36-28(5,6)7/h13-16,20,23-24,32H,8-12,17-19H2,1-7H3,(H,29,33)(H,30,35). The molecule has 0 bridgehead atoms. The van der Waals surface area contributed by atoms with Crippen molar-refractivity contribution in [1.82, 2.24) is 15.5 Å². The Bertz CT molecular complexity index is 819. The Balaban J connectivity index is 3.38. The average molecular weight is 506 g/mol. The van der Waals surface area contributed by atoms with Crippen LogP contribution in [0.4, 0.5) is 4.79 Å². The van der Waals surface area contributed by atoms with Crippen LogP contribution in [-0.4, -0.2) is 59.3 Å². The van der Waals surface area contributed by atoms with Crippen molar-refractivity contribution in [2.45, 2.75) is 98.3 Å². The second kappa shape index (κ2) is 15.5. The number of amides is 3. The first kappa shape index (κ1) is 31.4. The molecule has 3 atom stereocenters. The quantitative estimate of drug-likeness (QED) is 0.326. The van der Waals surface area contributed by atoms with Gasteiger partial charge in [-0.1, -0.05) is 71.2 Å². The van der Waals surface area contributed by atoms with Crippen LogP contribution in [0.15, 0.2) is 24.3 Å². The van der Waals surface area contributed by atoms with Crippen molar-refractivity contribution in [2.24, 2.45) is 5.92 Å². The predicted octanol–water partition coefficient (Wildman–Crippen LogP) is 4.36. The van der Waals surface area contributed by atoms with E-state index in [9.17, 15) is 19.5 Å². The summed E-state index contributed by atoms with van der Waals surface area (Å²) in [7, 11) is 0. The molecule has 204 valence electrons. The summed E-state index contributed by atoms with van der Waals surface area (Å²) in [5.41, 5.74) is 1.05. The van der Waals surface area contributed by atoms with E-state index in [1.807, 2.05) is 45.0 Å². The minimum absolute atomic E-state index is 0.0512. The van der Waals surface area contributed by atoms with E-state index in [0.717, 1.165) is 31.2 Å². The van der Waals surface area contributed by atoms with Gasteiger partial charge in [-0.2, -0.15) is 0 Å². The molecule has 0 radical (unpaired) electrons. The van der Waals surface area contributed by atoms with E-state index >= 15 is 0 Å². The Labute approximate surface area is 217 Å². The average Bonchev–Trinajstić information content (AvgIpc) is 2.83. The Morgan fingerprint density at radius 2 is 1.69 bits per heavy atom. The van der Waals surface area contributed by atoms with Crippen LogP contribution >= 0.6 is 0 Å². The largest absolute Gasteiger partial charge is 0.444 e. The summed E-state index contributed by atoms with van der Waals surface area (Å²) in [6.45, 7) is 13.3. The zero-order valence-corrected chi connectivity index (χ0v) is 23.2. The summed E-state index contributed by atoms with van der Waals surface area (Å²) in [6, 6.07) is 5.74. The zero-order chi connectivity index (χ0) is 27.3. The summed E-state index contributed by atoms with van der Waals surface area (Å²) in [5.74, 6) is -0.961. The number of ether oxygens (including phenoxy) is 1. The van der Waals surface area contributed by atoms with Crippen LogP contribution in [-0.2, 0) is 20.7 Å². The molecule has 3 amide bonds. The molecular weight excluding hydrogens is 458 g/mol. The van der Waals surface area contributed by atoms with Crippen LogP contribution in [0.3, 0.4) is 0 Å². The van der Waals surface area contributed by atoms with Crippen molar-refractivity contribution < 1.29 is 24.2 Å². The fourth-order valence-corrected chi connectivity index (χ4v) is 3.86. The maximum absolute atomic E-state index is 13.9. The minimum Gasteiger partial charge on any atom is -0.444 e. The fourth-order valence-electron chi connectivity index (χ4n) is 3.86. The Morgan fingerprint density at radius 3 is 2.19 bits per heavy atom. The molecule has 0 heterocycles. The lowest BCUT2D eigenvalue weighted by Gasteiger charge is -2.35. The van der Waals surface area contributed by atoms with Crippen molar-refractivity contribution in [3.05, 3.63) is 35.4 Å². The van der Waals surface area contributed by atoms with E-state index in [-0.39, 0.29) is 25.0 Å². The molecule has 0 aliphatic carbocycles. The highest BCUT2D eigenvalue weighted by Gasteiger charge is 2.37. The number of nitrogens with zero attached hydrogens (tertiary/aromatic N) is 1. The number of hydrogen-bond acceptors (Lipinski definition) is 5. The molecule has 8 nitrogen and oxygen atoms in total. The third-order valence-electron chi connectivity index (χ3n) is 6.12. The van der Waals surface area contributed by atoms with E-state index < -0.39 is 29.7 Å². The van der Waals surface area contributed by atoms with E-state index in [0.29, 0.717) is 18.5 Å². The highest BCUT2D eigenvalue weighted by atomic mass is 16.6. The number of aliphatic hydroxyl groups is 1. The van der Waals surface area contributed by atoms with E-state index in [4.69, 9.17) is 4.74 Å². The highest BCUT2D eigenvalue weighted by Crippen LogP contribution is 2.25. The van der Waals surface area contributed by atoms with Crippen molar-refractivity contribution >= 4 is 17.9 Å². The molecule has 0 aliphatic heterocycles. The number of aliphatic hydroxyl groups excluding tert-OH is 1. The number of unbranched alkanes of at least 4 members (excludes halogenated alkanes) is 2. The number of alkyl carbamates (subject to hydrolysis) is 1. The van der Waals surface area contributed by atoms with Crippen LogP contribution < -0.4 is 10.6 Å². The molecule has 0 saturated carbocycles. The third kappa shape index (κ3) is 10.2. The third-order valence-corrected chi connectivity index (χ3v) is 6.12. The maximum Gasteiger partial charge on any atom is 0.408 e. The second-order valence-electron chi connectivity index (χ2n) is 10.3. The molecule has 1 aromatic carbocycles. The smallest absolute Gasteiger partial charge is 0.408 e. The van der Waals surface area contributed by atoms with E-state index in [1.54, 1.807) is 20.8 Å². The van der Waals surface area contributed by atoms with Gasteiger partial charge in [-0.05, 0) is 50.7 Å². The van der Waals surface area contributed by atoms with Crippen LogP contribution in [0, 0.1) is 5.92 Å². The molecule has 0 aromatic heterocycles. The first-order chi connectivity index (χ1) is 17.0. The lowest BCUT2D eigenvalue weighted by Crippen LogP contribution is -2.55. The van der Waals surface area contributed by atoms with Crippen LogP contribution in [0.25, 0.3) is 0 Å². The van der Waals surface area contributed by atoms with Gasteiger partial charge in [0.2, 0.25) is 11.8 Å². The topological polar surface area (TPSA) is 108 Å². The van der Waals surface area contributed by atoms with Crippen molar-refractivity contribution in [3.63, 3.8) is 0 Å². The predicted molar refractivity (Wildman–Crippen MR) is 143 cm³/mol. The first-order valence-electron chi connectivity index (χ1n) is 13.3. The van der Waals surface area contributed by atoms with Gasteiger partial charge in [0.1, 0.15) is 17.7 Å². The van der Waals surface area contributed by atoms with Gasteiger partial charge in [0.05, 0.1) is 6.61 Å². The molecule has 0 spiro atoms. The van der Waals surface area contributed by atoms with Crippen LogP contribution in [0.5, 0.6) is 0 Å². The number of carbonyl (C=O) groups is 3. The molecule has 3 N–H and O–H groups in total. The van der Waals surface area contributed by atoms with Gasteiger partial charge in [-0.3, -0.25) is 9.59 Å². The number of benzene rings is 1. The minimum atomic E-state index is -0.941. The number of carbonyl (C=O) groups excluding carboxylic acids is 3. The van der Waals surface area contributed by atoms with Gasteiger partial charge >= 0.3 is 6.09 Å². The second-order valence-corrected chi connectivity index (χ2v) is 10.3. The number of rotatable bonds is 14. The summed E-state index contributed by atoms with van der Waals surface area (Å²) in [6.07, 6.45) is 3.64. The Hall–Kier alpha value is -2.61. The molecule has 0 saturated heterocycles. The number of aryl methyl sites for hydroxylation is 1. The summed E-state index contributed by atoms with van der Waals surface area (Å²) in [5, 5.41) is 15.6. The molecular formula is C28H47N3O5. The highest BCUT2D eigenvalue weighted by molar-refractivity contribution is 5.92. The molecule has 1 aromatic rings. The summed E-state index contributed by atoms with van der Waals surface area (Å²) >= 11 is 0. The van der Waals surface area contributed by atoms with Gasteiger partial charge in [-0.25, -0.2) is 4.79 Å².